The van der Waals surface area contributed by atoms with Gasteiger partial charge >= 0.3 is 5.97 Å². The highest BCUT2D eigenvalue weighted by molar-refractivity contribution is 5.91. The molecular formula is C26H26N2O5. The SMILES string of the molecule is CCOc1ccc(C(=O)Oc2ccc(/C=N\NC(=O)COc3ccc(C)c(C)c3)cc2)cc1. The number of esters is 1. The number of hydrogen-bond donors (Lipinski definition) is 1. The Morgan fingerprint density at radius 1 is 0.848 bits per heavy atom. The predicted octanol–water partition coefficient (Wildman–Crippen LogP) is 4.45. The van der Waals surface area contributed by atoms with Crippen LogP contribution < -0.4 is 19.6 Å². The molecule has 3 aromatic carbocycles. The van der Waals surface area contributed by atoms with Crippen LogP contribution in [0.5, 0.6) is 17.2 Å². The summed E-state index contributed by atoms with van der Waals surface area (Å²) in [7, 11) is 0. The van der Waals surface area contributed by atoms with E-state index in [4.69, 9.17) is 14.2 Å². The zero-order valence-corrected chi connectivity index (χ0v) is 18.8. The fourth-order valence-corrected chi connectivity index (χ4v) is 2.81. The molecule has 0 saturated carbocycles. The summed E-state index contributed by atoms with van der Waals surface area (Å²) in [6, 6.07) is 19.2. The van der Waals surface area contributed by atoms with Crippen molar-refractivity contribution in [2.45, 2.75) is 20.8 Å². The van der Waals surface area contributed by atoms with Crippen molar-refractivity contribution in [3.63, 3.8) is 0 Å². The number of nitrogens with one attached hydrogen (secondary N) is 1. The molecule has 0 unspecified atom stereocenters. The standard InChI is InChI=1S/C26H26N2O5/c1-4-31-22-13-8-21(9-14-22)26(30)33-23-11-6-20(7-12-23)16-27-28-25(29)17-32-24-10-5-18(2)19(3)15-24/h5-16H,4,17H2,1-3H3,(H,28,29)/b27-16-. The van der Waals surface area contributed by atoms with Gasteiger partial charge in [-0.3, -0.25) is 4.79 Å². The van der Waals surface area contributed by atoms with Gasteiger partial charge in [0.05, 0.1) is 18.4 Å². The lowest BCUT2D eigenvalue weighted by Gasteiger charge is -2.07. The third-order valence-electron chi connectivity index (χ3n) is 4.74. The van der Waals surface area contributed by atoms with Gasteiger partial charge in [-0.2, -0.15) is 5.10 Å². The molecule has 0 heterocycles. The van der Waals surface area contributed by atoms with E-state index >= 15 is 0 Å². The van der Waals surface area contributed by atoms with Crippen LogP contribution in [0.25, 0.3) is 0 Å². The zero-order valence-electron chi connectivity index (χ0n) is 18.8. The maximum Gasteiger partial charge on any atom is 0.343 e. The summed E-state index contributed by atoms with van der Waals surface area (Å²) in [4.78, 5) is 24.2. The smallest absolute Gasteiger partial charge is 0.343 e. The number of ether oxygens (including phenoxy) is 3. The lowest BCUT2D eigenvalue weighted by molar-refractivity contribution is -0.123. The molecule has 0 radical (unpaired) electrons. The first-order valence-corrected chi connectivity index (χ1v) is 10.5. The molecule has 3 aromatic rings. The average Bonchev–Trinajstić information content (AvgIpc) is 2.81. The summed E-state index contributed by atoms with van der Waals surface area (Å²) < 4.78 is 16.2. The van der Waals surface area contributed by atoms with Gasteiger partial charge in [-0.25, -0.2) is 10.2 Å². The van der Waals surface area contributed by atoms with Crippen LogP contribution in [0, 0.1) is 13.8 Å². The van der Waals surface area contributed by atoms with E-state index in [1.165, 1.54) is 6.21 Å². The number of nitrogens with zero attached hydrogens (tertiary/aromatic N) is 1. The van der Waals surface area contributed by atoms with Crippen LogP contribution in [0.2, 0.25) is 0 Å². The Hall–Kier alpha value is -4.13. The van der Waals surface area contributed by atoms with Crippen LogP contribution in [0.1, 0.15) is 34.0 Å². The first kappa shape index (κ1) is 23.5. The highest BCUT2D eigenvalue weighted by atomic mass is 16.5. The van der Waals surface area contributed by atoms with Crippen LogP contribution in [0.4, 0.5) is 0 Å². The molecule has 3 rings (SSSR count). The lowest BCUT2D eigenvalue weighted by Crippen LogP contribution is -2.24. The van der Waals surface area contributed by atoms with Gasteiger partial charge in [-0.15, -0.1) is 0 Å². The topological polar surface area (TPSA) is 86.2 Å². The molecule has 1 N–H and O–H groups in total. The fourth-order valence-electron chi connectivity index (χ4n) is 2.81. The quantitative estimate of drug-likeness (QED) is 0.227. The molecular weight excluding hydrogens is 420 g/mol. The summed E-state index contributed by atoms with van der Waals surface area (Å²) in [6.07, 6.45) is 1.49. The van der Waals surface area contributed by atoms with Crippen molar-refractivity contribution < 1.29 is 23.8 Å². The Bertz CT molecular complexity index is 1120. The second-order valence-electron chi connectivity index (χ2n) is 7.24. The van der Waals surface area contributed by atoms with Gasteiger partial charge in [0, 0.05) is 0 Å². The number of hydrogen-bond acceptors (Lipinski definition) is 6. The Morgan fingerprint density at radius 3 is 2.18 bits per heavy atom. The van der Waals surface area contributed by atoms with Crippen molar-refractivity contribution in [3.8, 4) is 17.2 Å². The van der Waals surface area contributed by atoms with E-state index in [0.29, 0.717) is 29.4 Å². The third-order valence-corrected chi connectivity index (χ3v) is 4.74. The zero-order chi connectivity index (χ0) is 23.6. The monoisotopic (exact) mass is 446 g/mol. The number of hydrazone groups is 1. The summed E-state index contributed by atoms with van der Waals surface area (Å²) in [5.74, 6) is 0.895. The summed E-state index contributed by atoms with van der Waals surface area (Å²) in [6.45, 7) is 6.31. The minimum absolute atomic E-state index is 0.139. The summed E-state index contributed by atoms with van der Waals surface area (Å²) in [5, 5.41) is 3.92. The second-order valence-corrected chi connectivity index (χ2v) is 7.24. The number of carbonyl (C=O) groups excluding carboxylic acids is 2. The molecule has 33 heavy (non-hydrogen) atoms. The van der Waals surface area contributed by atoms with Crippen molar-refractivity contribution in [1.29, 1.82) is 0 Å². The Kier molecular flexibility index (Phi) is 8.18. The van der Waals surface area contributed by atoms with E-state index in [0.717, 1.165) is 16.7 Å². The Morgan fingerprint density at radius 2 is 1.52 bits per heavy atom. The van der Waals surface area contributed by atoms with Crippen LogP contribution in [-0.2, 0) is 4.79 Å². The van der Waals surface area contributed by atoms with E-state index in [9.17, 15) is 9.59 Å². The molecule has 7 nitrogen and oxygen atoms in total. The minimum atomic E-state index is -0.463. The van der Waals surface area contributed by atoms with E-state index in [2.05, 4.69) is 10.5 Å². The molecule has 0 bridgehead atoms. The van der Waals surface area contributed by atoms with Crippen molar-refractivity contribution in [1.82, 2.24) is 5.43 Å². The Labute approximate surface area is 193 Å². The van der Waals surface area contributed by atoms with Gasteiger partial charge in [-0.05, 0) is 98.1 Å². The molecule has 1 amide bonds. The van der Waals surface area contributed by atoms with Gasteiger partial charge in [-0.1, -0.05) is 6.07 Å². The molecule has 0 atom stereocenters. The third kappa shape index (κ3) is 7.21. The summed E-state index contributed by atoms with van der Waals surface area (Å²) in [5.41, 5.74) is 5.83. The van der Waals surface area contributed by atoms with Crippen molar-refractivity contribution in [2.24, 2.45) is 5.10 Å². The van der Waals surface area contributed by atoms with Crippen molar-refractivity contribution in [3.05, 3.63) is 89.0 Å². The highest BCUT2D eigenvalue weighted by Crippen LogP contribution is 2.17. The van der Waals surface area contributed by atoms with Gasteiger partial charge in [0.15, 0.2) is 6.61 Å². The van der Waals surface area contributed by atoms with E-state index < -0.39 is 5.97 Å². The first-order chi connectivity index (χ1) is 15.9. The lowest BCUT2D eigenvalue weighted by atomic mass is 10.1. The molecule has 0 aliphatic carbocycles. The molecule has 170 valence electrons. The van der Waals surface area contributed by atoms with Crippen LogP contribution >= 0.6 is 0 Å². The highest BCUT2D eigenvalue weighted by Gasteiger charge is 2.09. The maximum absolute atomic E-state index is 12.3. The van der Waals surface area contributed by atoms with E-state index in [-0.39, 0.29) is 12.5 Å². The normalized spacial score (nSPS) is 10.6. The fraction of sp³-hybridized carbons (Fsp3) is 0.192. The van der Waals surface area contributed by atoms with Crippen molar-refractivity contribution in [2.75, 3.05) is 13.2 Å². The van der Waals surface area contributed by atoms with Crippen LogP contribution in [-0.4, -0.2) is 31.3 Å². The first-order valence-electron chi connectivity index (χ1n) is 10.5. The Balaban J connectivity index is 1.45. The molecule has 0 aliphatic heterocycles. The number of benzene rings is 3. The van der Waals surface area contributed by atoms with Gasteiger partial charge < -0.3 is 14.2 Å². The second kappa shape index (κ2) is 11.5. The predicted molar refractivity (Wildman–Crippen MR) is 126 cm³/mol. The molecule has 0 saturated heterocycles. The number of rotatable bonds is 9. The molecule has 0 spiro atoms. The average molecular weight is 447 g/mol. The van der Waals surface area contributed by atoms with E-state index in [1.807, 2.05) is 39.0 Å². The van der Waals surface area contributed by atoms with E-state index in [1.54, 1.807) is 48.5 Å². The molecule has 0 aliphatic rings. The van der Waals surface area contributed by atoms with Crippen molar-refractivity contribution >= 4 is 18.1 Å². The van der Waals surface area contributed by atoms with Gasteiger partial charge in [0.2, 0.25) is 0 Å². The van der Waals surface area contributed by atoms with Crippen LogP contribution in [0.3, 0.4) is 0 Å². The molecule has 0 fully saturated rings. The number of aryl methyl sites for hydroxylation is 2. The number of amides is 1. The molecule has 0 aromatic heterocycles. The maximum atomic E-state index is 12.3. The van der Waals surface area contributed by atoms with Gasteiger partial charge in [0.25, 0.3) is 5.91 Å². The largest absolute Gasteiger partial charge is 0.494 e. The number of carbonyl (C=O) groups is 2. The van der Waals surface area contributed by atoms with Gasteiger partial charge in [0.1, 0.15) is 17.2 Å². The minimum Gasteiger partial charge on any atom is -0.494 e. The summed E-state index contributed by atoms with van der Waals surface area (Å²) >= 11 is 0. The molecule has 7 heteroatoms. The van der Waals surface area contributed by atoms with Crippen LogP contribution in [0.15, 0.2) is 71.8 Å².